The van der Waals surface area contributed by atoms with Gasteiger partial charge in [0.25, 0.3) is 11.6 Å². The SMILES string of the molecule is CCNC(=O)c1coc(CN(CC)C(=O)C=Cc2ccc([N+](=O)[O-])cc2)n1. The smallest absolute Gasteiger partial charge is 0.273 e. The minimum Gasteiger partial charge on any atom is -0.446 e. The van der Waals surface area contributed by atoms with Crippen molar-refractivity contribution in [3.05, 3.63) is 63.9 Å². The van der Waals surface area contributed by atoms with Crippen LogP contribution < -0.4 is 5.32 Å². The molecule has 0 aliphatic heterocycles. The molecule has 0 unspecified atom stereocenters. The molecule has 1 N–H and O–H groups in total. The van der Waals surface area contributed by atoms with Gasteiger partial charge in [-0.25, -0.2) is 4.98 Å². The van der Waals surface area contributed by atoms with Crippen LogP contribution >= 0.6 is 0 Å². The van der Waals surface area contributed by atoms with Crippen LogP contribution in [-0.4, -0.2) is 39.7 Å². The molecular weight excluding hydrogens is 352 g/mol. The van der Waals surface area contributed by atoms with E-state index in [1.165, 1.54) is 29.4 Å². The van der Waals surface area contributed by atoms with Crippen molar-refractivity contribution in [2.24, 2.45) is 0 Å². The lowest BCUT2D eigenvalue weighted by atomic mass is 10.2. The number of nitrogens with one attached hydrogen (secondary N) is 1. The van der Waals surface area contributed by atoms with E-state index in [0.717, 1.165) is 0 Å². The van der Waals surface area contributed by atoms with Gasteiger partial charge in [-0.05, 0) is 37.6 Å². The fourth-order valence-corrected chi connectivity index (χ4v) is 2.23. The van der Waals surface area contributed by atoms with Crippen LogP contribution in [0.15, 0.2) is 41.0 Å². The normalized spacial score (nSPS) is 10.7. The van der Waals surface area contributed by atoms with Crippen molar-refractivity contribution in [1.82, 2.24) is 15.2 Å². The lowest BCUT2D eigenvalue weighted by Crippen LogP contribution is -2.29. The molecule has 0 saturated heterocycles. The Balaban J connectivity index is 2.01. The molecule has 0 fully saturated rings. The number of oxazole rings is 1. The van der Waals surface area contributed by atoms with Crippen molar-refractivity contribution in [2.45, 2.75) is 20.4 Å². The fraction of sp³-hybridized carbons (Fsp3) is 0.278. The number of benzene rings is 1. The maximum absolute atomic E-state index is 12.4. The van der Waals surface area contributed by atoms with E-state index < -0.39 is 4.92 Å². The van der Waals surface area contributed by atoms with E-state index in [9.17, 15) is 19.7 Å². The molecule has 1 aromatic carbocycles. The highest BCUT2D eigenvalue weighted by Gasteiger charge is 2.16. The molecule has 2 amide bonds. The van der Waals surface area contributed by atoms with Crippen molar-refractivity contribution in [2.75, 3.05) is 13.1 Å². The van der Waals surface area contributed by atoms with Crippen molar-refractivity contribution >= 4 is 23.6 Å². The van der Waals surface area contributed by atoms with Gasteiger partial charge < -0.3 is 14.6 Å². The topological polar surface area (TPSA) is 119 Å². The molecule has 2 aromatic rings. The summed E-state index contributed by atoms with van der Waals surface area (Å²) >= 11 is 0. The minimum atomic E-state index is -0.483. The van der Waals surface area contributed by atoms with Gasteiger partial charge >= 0.3 is 0 Å². The van der Waals surface area contributed by atoms with Gasteiger partial charge in [0.1, 0.15) is 6.26 Å². The van der Waals surface area contributed by atoms with Gasteiger partial charge in [-0.3, -0.25) is 19.7 Å². The molecule has 2 rings (SSSR count). The third-order valence-electron chi connectivity index (χ3n) is 3.66. The van der Waals surface area contributed by atoms with Crippen LogP contribution in [0.1, 0.15) is 35.8 Å². The summed E-state index contributed by atoms with van der Waals surface area (Å²) in [7, 11) is 0. The van der Waals surface area contributed by atoms with E-state index in [2.05, 4.69) is 10.3 Å². The van der Waals surface area contributed by atoms with E-state index >= 15 is 0 Å². The number of amides is 2. The quantitative estimate of drug-likeness (QED) is 0.432. The van der Waals surface area contributed by atoms with Crippen molar-refractivity contribution in [3.8, 4) is 0 Å². The standard InChI is InChI=1S/C18H20N4O5/c1-3-19-18(24)15-12-27-16(20-15)11-21(4-2)17(23)10-7-13-5-8-14(9-6-13)22(25)26/h5-10,12H,3-4,11H2,1-2H3,(H,19,24). The second-order valence-electron chi connectivity index (χ2n) is 5.52. The Hall–Kier alpha value is -3.49. The van der Waals surface area contributed by atoms with E-state index in [4.69, 9.17) is 4.42 Å². The Bertz CT molecular complexity index is 842. The van der Waals surface area contributed by atoms with E-state index in [0.29, 0.717) is 18.7 Å². The van der Waals surface area contributed by atoms with E-state index in [1.807, 2.05) is 6.92 Å². The van der Waals surface area contributed by atoms with Gasteiger partial charge in [0, 0.05) is 31.3 Å². The highest BCUT2D eigenvalue weighted by molar-refractivity contribution is 5.92. The molecule has 0 radical (unpaired) electrons. The number of carbonyl (C=O) groups excluding carboxylic acids is 2. The van der Waals surface area contributed by atoms with Crippen LogP contribution in [-0.2, 0) is 11.3 Å². The monoisotopic (exact) mass is 372 g/mol. The molecule has 0 spiro atoms. The first kappa shape index (κ1) is 19.8. The third-order valence-corrected chi connectivity index (χ3v) is 3.66. The first-order valence-electron chi connectivity index (χ1n) is 8.38. The molecule has 0 saturated carbocycles. The number of nitrogens with zero attached hydrogens (tertiary/aromatic N) is 3. The van der Waals surface area contributed by atoms with Gasteiger partial charge in [0.15, 0.2) is 5.69 Å². The highest BCUT2D eigenvalue weighted by Crippen LogP contribution is 2.13. The molecule has 0 atom stereocenters. The molecule has 27 heavy (non-hydrogen) atoms. The number of hydrogen-bond donors (Lipinski definition) is 1. The highest BCUT2D eigenvalue weighted by atomic mass is 16.6. The Morgan fingerprint density at radius 3 is 2.59 bits per heavy atom. The Morgan fingerprint density at radius 2 is 2.00 bits per heavy atom. The lowest BCUT2D eigenvalue weighted by Gasteiger charge is -2.16. The van der Waals surface area contributed by atoms with Crippen LogP contribution in [0.25, 0.3) is 6.08 Å². The third kappa shape index (κ3) is 5.50. The first-order chi connectivity index (χ1) is 12.9. The second-order valence-corrected chi connectivity index (χ2v) is 5.52. The maximum Gasteiger partial charge on any atom is 0.273 e. The zero-order valence-corrected chi connectivity index (χ0v) is 15.0. The summed E-state index contributed by atoms with van der Waals surface area (Å²) in [6, 6.07) is 5.87. The predicted octanol–water partition coefficient (Wildman–Crippen LogP) is 2.39. The summed E-state index contributed by atoms with van der Waals surface area (Å²) in [6.45, 7) is 4.63. The molecule has 0 bridgehead atoms. The van der Waals surface area contributed by atoms with E-state index in [1.54, 1.807) is 25.1 Å². The number of nitro groups is 1. The number of rotatable bonds is 8. The fourth-order valence-electron chi connectivity index (χ4n) is 2.23. The van der Waals surface area contributed by atoms with Gasteiger partial charge in [-0.1, -0.05) is 0 Å². The van der Waals surface area contributed by atoms with Gasteiger partial charge in [0.05, 0.1) is 11.5 Å². The summed E-state index contributed by atoms with van der Waals surface area (Å²) < 4.78 is 5.26. The number of aromatic nitrogens is 1. The summed E-state index contributed by atoms with van der Waals surface area (Å²) in [4.78, 5) is 39.8. The Morgan fingerprint density at radius 1 is 1.30 bits per heavy atom. The first-order valence-corrected chi connectivity index (χ1v) is 8.38. The predicted molar refractivity (Wildman–Crippen MR) is 97.7 cm³/mol. The average Bonchev–Trinajstić information content (AvgIpc) is 3.13. The van der Waals surface area contributed by atoms with Crippen molar-refractivity contribution < 1.29 is 18.9 Å². The number of hydrogen-bond acceptors (Lipinski definition) is 6. The van der Waals surface area contributed by atoms with Gasteiger partial charge in [0.2, 0.25) is 11.8 Å². The van der Waals surface area contributed by atoms with Crippen LogP contribution in [0.2, 0.25) is 0 Å². The van der Waals surface area contributed by atoms with Crippen molar-refractivity contribution in [3.63, 3.8) is 0 Å². The van der Waals surface area contributed by atoms with Crippen LogP contribution in [0.3, 0.4) is 0 Å². The average molecular weight is 372 g/mol. The molecule has 1 heterocycles. The second kappa shape index (κ2) is 9.27. The van der Waals surface area contributed by atoms with Crippen LogP contribution in [0.5, 0.6) is 0 Å². The zero-order chi connectivity index (χ0) is 19.8. The van der Waals surface area contributed by atoms with E-state index in [-0.39, 0.29) is 35.6 Å². The van der Waals surface area contributed by atoms with Crippen LogP contribution in [0, 0.1) is 10.1 Å². The molecule has 0 aliphatic carbocycles. The molecule has 1 aromatic heterocycles. The lowest BCUT2D eigenvalue weighted by molar-refractivity contribution is -0.384. The number of non-ortho nitro benzene ring substituents is 1. The molecule has 0 aliphatic rings. The number of nitro benzene ring substituents is 1. The molecule has 9 heteroatoms. The maximum atomic E-state index is 12.4. The Kier molecular flexibility index (Phi) is 6.81. The number of carbonyl (C=O) groups is 2. The summed E-state index contributed by atoms with van der Waals surface area (Å²) in [5, 5.41) is 13.3. The molecular formula is C18H20N4O5. The van der Waals surface area contributed by atoms with Gasteiger partial charge in [-0.2, -0.15) is 0 Å². The summed E-state index contributed by atoms with van der Waals surface area (Å²) in [5.41, 5.74) is 0.817. The largest absolute Gasteiger partial charge is 0.446 e. The summed E-state index contributed by atoms with van der Waals surface area (Å²) in [6.07, 6.45) is 4.20. The zero-order valence-electron chi connectivity index (χ0n) is 15.0. The number of likely N-dealkylation sites (N-methyl/N-ethyl adjacent to an activating group) is 1. The molecule has 9 nitrogen and oxygen atoms in total. The summed E-state index contributed by atoms with van der Waals surface area (Å²) in [5.74, 6) is -0.344. The van der Waals surface area contributed by atoms with Crippen molar-refractivity contribution in [1.29, 1.82) is 0 Å². The Labute approximate surface area is 155 Å². The molecule has 142 valence electrons. The minimum absolute atomic E-state index is 0.0135. The van der Waals surface area contributed by atoms with Crippen LogP contribution in [0.4, 0.5) is 5.69 Å². The van der Waals surface area contributed by atoms with Gasteiger partial charge in [-0.15, -0.1) is 0 Å².